The Morgan fingerprint density at radius 3 is 2.40 bits per heavy atom. The average Bonchev–Trinajstić information content (AvgIpc) is 2.70. The van der Waals surface area contributed by atoms with Crippen LogP contribution >= 0.6 is 0 Å². The Balaban J connectivity index is 1.85. The summed E-state index contributed by atoms with van der Waals surface area (Å²) in [6.07, 6.45) is 2.14. The summed E-state index contributed by atoms with van der Waals surface area (Å²) in [6.45, 7) is 3.34. The van der Waals surface area contributed by atoms with Gasteiger partial charge in [-0.05, 0) is 18.1 Å². The molecular formula is C23H23FN2O4. The van der Waals surface area contributed by atoms with E-state index in [9.17, 15) is 14.0 Å². The second kappa shape index (κ2) is 9.73. The number of hydrogen-bond donors (Lipinski definition) is 1. The number of carbonyl (C=O) groups is 2. The first-order valence-electron chi connectivity index (χ1n) is 9.61. The molecular weight excluding hydrogens is 387 g/mol. The molecule has 1 aliphatic heterocycles. The molecule has 0 fully saturated rings. The molecule has 7 heteroatoms. The second-order valence-electron chi connectivity index (χ2n) is 6.70. The minimum absolute atomic E-state index is 0.0863. The van der Waals surface area contributed by atoms with Crippen LogP contribution in [0.1, 0.15) is 31.4 Å². The van der Waals surface area contributed by atoms with Crippen LogP contribution in [0.15, 0.2) is 78.3 Å². The SMILES string of the molecule is CCC1=C(OC(=O)Cc2ccccc2)NC(OC(C)=O)=CN1Cc1ccccc1F. The first kappa shape index (κ1) is 21.1. The lowest BCUT2D eigenvalue weighted by Gasteiger charge is -2.31. The van der Waals surface area contributed by atoms with Gasteiger partial charge in [0.25, 0.3) is 0 Å². The number of hydrogen-bond acceptors (Lipinski definition) is 6. The van der Waals surface area contributed by atoms with E-state index in [1.165, 1.54) is 13.0 Å². The van der Waals surface area contributed by atoms with Gasteiger partial charge in [-0.25, -0.2) is 4.39 Å². The molecule has 2 aromatic rings. The number of halogens is 1. The third-order valence-corrected chi connectivity index (χ3v) is 4.41. The van der Waals surface area contributed by atoms with Crippen LogP contribution in [0.2, 0.25) is 0 Å². The second-order valence-corrected chi connectivity index (χ2v) is 6.70. The van der Waals surface area contributed by atoms with Crippen molar-refractivity contribution < 1.29 is 23.5 Å². The highest BCUT2D eigenvalue weighted by Gasteiger charge is 2.25. The van der Waals surface area contributed by atoms with E-state index in [1.807, 2.05) is 37.3 Å². The Morgan fingerprint density at radius 1 is 1.03 bits per heavy atom. The first-order valence-corrected chi connectivity index (χ1v) is 9.61. The van der Waals surface area contributed by atoms with Crippen molar-refractivity contribution in [2.45, 2.75) is 33.2 Å². The summed E-state index contributed by atoms with van der Waals surface area (Å²) in [7, 11) is 0. The lowest BCUT2D eigenvalue weighted by Crippen LogP contribution is -2.34. The fraction of sp³-hybridized carbons (Fsp3) is 0.217. The van der Waals surface area contributed by atoms with Crippen molar-refractivity contribution in [2.75, 3.05) is 0 Å². The van der Waals surface area contributed by atoms with E-state index in [0.29, 0.717) is 17.7 Å². The van der Waals surface area contributed by atoms with Gasteiger partial charge in [0.15, 0.2) is 0 Å². The maximum atomic E-state index is 14.2. The zero-order valence-corrected chi connectivity index (χ0v) is 16.9. The van der Waals surface area contributed by atoms with E-state index in [0.717, 1.165) is 5.56 Å². The summed E-state index contributed by atoms with van der Waals surface area (Å²) in [5, 5.41) is 2.85. The lowest BCUT2D eigenvalue weighted by atomic mass is 10.1. The van der Waals surface area contributed by atoms with Gasteiger partial charge in [0.2, 0.25) is 11.8 Å². The molecule has 0 amide bonds. The number of rotatable bonds is 7. The topological polar surface area (TPSA) is 67.9 Å². The van der Waals surface area contributed by atoms with Gasteiger partial charge in [-0.2, -0.15) is 0 Å². The predicted molar refractivity (Wildman–Crippen MR) is 108 cm³/mol. The van der Waals surface area contributed by atoms with Crippen molar-refractivity contribution in [1.29, 1.82) is 0 Å². The van der Waals surface area contributed by atoms with Crippen LogP contribution in [0.5, 0.6) is 0 Å². The average molecular weight is 410 g/mol. The zero-order chi connectivity index (χ0) is 21.5. The van der Waals surface area contributed by atoms with Gasteiger partial charge in [0.05, 0.1) is 24.9 Å². The molecule has 1 N–H and O–H groups in total. The maximum Gasteiger partial charge on any atom is 0.316 e. The molecule has 0 unspecified atom stereocenters. The minimum Gasteiger partial charge on any atom is -0.408 e. The van der Waals surface area contributed by atoms with Crippen LogP contribution < -0.4 is 5.32 Å². The van der Waals surface area contributed by atoms with Crippen LogP contribution in [-0.4, -0.2) is 16.8 Å². The Kier molecular flexibility index (Phi) is 6.85. The number of nitrogens with one attached hydrogen (secondary N) is 1. The number of esters is 2. The Bertz CT molecular complexity index is 986. The lowest BCUT2D eigenvalue weighted by molar-refractivity contribution is -0.140. The van der Waals surface area contributed by atoms with Crippen LogP contribution in [0.3, 0.4) is 0 Å². The predicted octanol–water partition coefficient (Wildman–Crippen LogP) is 3.96. The highest BCUT2D eigenvalue weighted by molar-refractivity contribution is 5.73. The van der Waals surface area contributed by atoms with Crippen LogP contribution in [0, 0.1) is 5.82 Å². The number of ether oxygens (including phenoxy) is 2. The number of allylic oxidation sites excluding steroid dienone is 1. The van der Waals surface area contributed by atoms with Gasteiger partial charge >= 0.3 is 11.9 Å². The Hall–Kier alpha value is -3.61. The van der Waals surface area contributed by atoms with E-state index >= 15 is 0 Å². The van der Waals surface area contributed by atoms with E-state index in [-0.39, 0.29) is 30.5 Å². The summed E-state index contributed by atoms with van der Waals surface area (Å²) in [4.78, 5) is 25.6. The third-order valence-electron chi connectivity index (χ3n) is 4.41. The largest absolute Gasteiger partial charge is 0.408 e. The Labute approximate surface area is 174 Å². The molecule has 0 aliphatic carbocycles. The molecule has 0 atom stereocenters. The number of carbonyl (C=O) groups excluding carboxylic acids is 2. The van der Waals surface area contributed by atoms with Crippen molar-refractivity contribution >= 4 is 11.9 Å². The smallest absolute Gasteiger partial charge is 0.316 e. The third kappa shape index (κ3) is 5.47. The van der Waals surface area contributed by atoms with Gasteiger partial charge in [-0.3, -0.25) is 14.9 Å². The van der Waals surface area contributed by atoms with Gasteiger partial charge in [-0.1, -0.05) is 55.5 Å². The highest BCUT2D eigenvalue weighted by Crippen LogP contribution is 2.25. The molecule has 1 aliphatic rings. The fourth-order valence-corrected chi connectivity index (χ4v) is 3.08. The van der Waals surface area contributed by atoms with Crippen molar-refractivity contribution in [3.63, 3.8) is 0 Å². The van der Waals surface area contributed by atoms with Crippen molar-refractivity contribution in [2.24, 2.45) is 0 Å². The molecule has 30 heavy (non-hydrogen) atoms. The molecule has 0 aromatic heterocycles. The minimum atomic E-state index is -0.533. The molecule has 0 bridgehead atoms. The standard InChI is InChI=1S/C23H23FN2O4/c1-3-20-23(30-22(28)13-17-9-5-4-6-10-17)25-21(29-16(2)27)15-26(20)14-18-11-7-8-12-19(18)24/h4-12,15,25H,3,13-14H2,1-2H3. The molecule has 0 radical (unpaired) electrons. The molecule has 3 rings (SSSR count). The Morgan fingerprint density at radius 2 is 1.73 bits per heavy atom. The van der Waals surface area contributed by atoms with Gasteiger partial charge < -0.3 is 14.4 Å². The molecule has 6 nitrogen and oxygen atoms in total. The maximum absolute atomic E-state index is 14.2. The number of benzene rings is 2. The summed E-state index contributed by atoms with van der Waals surface area (Å²) in [6, 6.07) is 15.6. The van der Waals surface area contributed by atoms with Crippen LogP contribution in [0.25, 0.3) is 0 Å². The molecule has 0 saturated carbocycles. The van der Waals surface area contributed by atoms with Crippen LogP contribution in [-0.2, 0) is 32.0 Å². The highest BCUT2D eigenvalue weighted by atomic mass is 19.1. The summed E-state index contributed by atoms with van der Waals surface area (Å²) >= 11 is 0. The van der Waals surface area contributed by atoms with Crippen molar-refractivity contribution in [3.05, 3.63) is 95.2 Å². The first-order chi connectivity index (χ1) is 14.5. The quantitative estimate of drug-likeness (QED) is 0.697. The summed E-state index contributed by atoms with van der Waals surface area (Å²) in [5.74, 6) is -1.09. The monoisotopic (exact) mass is 410 g/mol. The molecule has 0 saturated heterocycles. The van der Waals surface area contributed by atoms with Gasteiger partial charge in [0, 0.05) is 12.5 Å². The molecule has 1 heterocycles. The molecule has 156 valence electrons. The summed E-state index contributed by atoms with van der Waals surface area (Å²) in [5.41, 5.74) is 1.91. The van der Waals surface area contributed by atoms with E-state index in [4.69, 9.17) is 9.47 Å². The zero-order valence-electron chi connectivity index (χ0n) is 16.9. The molecule has 2 aromatic carbocycles. The van der Waals surface area contributed by atoms with Crippen LogP contribution in [0.4, 0.5) is 4.39 Å². The van der Waals surface area contributed by atoms with Crippen molar-refractivity contribution in [1.82, 2.24) is 10.2 Å². The number of nitrogens with zero attached hydrogens (tertiary/aromatic N) is 1. The summed E-state index contributed by atoms with van der Waals surface area (Å²) < 4.78 is 24.9. The van der Waals surface area contributed by atoms with E-state index in [1.54, 1.807) is 29.3 Å². The normalized spacial score (nSPS) is 13.4. The molecule has 0 spiro atoms. The fourth-order valence-electron chi connectivity index (χ4n) is 3.08. The van der Waals surface area contributed by atoms with Gasteiger partial charge in [-0.15, -0.1) is 0 Å². The van der Waals surface area contributed by atoms with Crippen molar-refractivity contribution in [3.8, 4) is 0 Å². The van der Waals surface area contributed by atoms with Gasteiger partial charge in [0.1, 0.15) is 5.82 Å². The van der Waals surface area contributed by atoms with E-state index < -0.39 is 11.9 Å². The van der Waals surface area contributed by atoms with E-state index in [2.05, 4.69) is 5.32 Å².